The molecule has 4 rings (SSSR count). The molecule has 1 N–H and O–H groups in total. The number of aryl methyl sites for hydroxylation is 1. The maximum atomic E-state index is 12.4. The zero-order valence-electron chi connectivity index (χ0n) is 14.8. The topological polar surface area (TPSA) is 75.4 Å². The molecule has 1 amide bonds. The van der Waals surface area contributed by atoms with Crippen molar-refractivity contribution in [3.05, 3.63) is 54.1 Å². The van der Waals surface area contributed by atoms with Crippen molar-refractivity contribution in [2.24, 2.45) is 5.92 Å². The summed E-state index contributed by atoms with van der Waals surface area (Å²) >= 11 is 0. The highest BCUT2D eigenvalue weighted by Crippen LogP contribution is 2.22. The van der Waals surface area contributed by atoms with E-state index in [0.29, 0.717) is 18.2 Å². The van der Waals surface area contributed by atoms with E-state index in [-0.39, 0.29) is 11.7 Å². The first-order valence-corrected chi connectivity index (χ1v) is 8.96. The lowest BCUT2D eigenvalue weighted by Gasteiger charge is -2.34. The Balaban J connectivity index is 1.37. The summed E-state index contributed by atoms with van der Waals surface area (Å²) in [6, 6.07) is 10.4. The number of nitrogens with zero attached hydrogens (tertiary/aromatic N) is 5. The molecule has 1 fully saturated rings. The van der Waals surface area contributed by atoms with Crippen molar-refractivity contribution in [3.63, 3.8) is 0 Å². The normalized spacial score (nSPS) is 17.4. The van der Waals surface area contributed by atoms with E-state index in [1.807, 2.05) is 19.2 Å². The highest BCUT2D eigenvalue weighted by atomic mass is 16.2. The van der Waals surface area contributed by atoms with Gasteiger partial charge in [-0.2, -0.15) is 4.98 Å². The molecule has 2 aromatic heterocycles. The molecule has 3 heterocycles. The second-order valence-corrected chi connectivity index (χ2v) is 6.81. The van der Waals surface area contributed by atoms with Crippen LogP contribution in [0.5, 0.6) is 0 Å². The number of aromatic nitrogens is 4. The van der Waals surface area contributed by atoms with Gasteiger partial charge in [0.15, 0.2) is 0 Å². The molecule has 0 spiro atoms. The van der Waals surface area contributed by atoms with Crippen LogP contribution in [-0.4, -0.2) is 45.1 Å². The van der Waals surface area contributed by atoms with Crippen LogP contribution in [0.25, 0.3) is 5.78 Å². The van der Waals surface area contributed by atoms with Crippen molar-refractivity contribution in [3.8, 4) is 0 Å². The molecule has 0 saturated carbocycles. The number of piperidine rings is 1. The first kappa shape index (κ1) is 16.5. The Morgan fingerprint density at radius 3 is 3.00 bits per heavy atom. The number of para-hydroxylation sites is 1. The van der Waals surface area contributed by atoms with Gasteiger partial charge in [0, 0.05) is 37.7 Å². The van der Waals surface area contributed by atoms with E-state index in [2.05, 4.69) is 49.5 Å². The fourth-order valence-corrected chi connectivity index (χ4v) is 3.39. The van der Waals surface area contributed by atoms with Gasteiger partial charge in [0.25, 0.3) is 11.7 Å². The summed E-state index contributed by atoms with van der Waals surface area (Å²) in [6.07, 6.45) is 5.77. The average Bonchev–Trinajstić information content (AvgIpc) is 3.10. The summed E-state index contributed by atoms with van der Waals surface area (Å²) in [5.41, 5.74) is 2.21. The zero-order chi connectivity index (χ0) is 17.9. The number of hydrogen-bond acceptors (Lipinski definition) is 5. The minimum Gasteiger partial charge on any atom is -0.371 e. The number of carbonyl (C=O) groups excluding carboxylic acids is 1. The lowest BCUT2D eigenvalue weighted by Crippen LogP contribution is -2.41. The van der Waals surface area contributed by atoms with Gasteiger partial charge in [0.05, 0.1) is 0 Å². The van der Waals surface area contributed by atoms with E-state index in [0.717, 1.165) is 31.5 Å². The number of rotatable bonds is 4. The molecule has 0 bridgehead atoms. The number of benzene rings is 1. The third-order valence-electron chi connectivity index (χ3n) is 4.72. The van der Waals surface area contributed by atoms with Gasteiger partial charge in [-0.05, 0) is 43.4 Å². The molecule has 0 radical (unpaired) electrons. The van der Waals surface area contributed by atoms with Crippen LogP contribution in [0.2, 0.25) is 0 Å². The third-order valence-corrected chi connectivity index (χ3v) is 4.72. The predicted octanol–water partition coefficient (Wildman–Crippen LogP) is 2.08. The molecule has 1 aromatic carbocycles. The Morgan fingerprint density at radius 1 is 1.31 bits per heavy atom. The predicted molar refractivity (Wildman–Crippen MR) is 99.2 cm³/mol. The van der Waals surface area contributed by atoms with Gasteiger partial charge in [0.2, 0.25) is 5.82 Å². The Hall–Kier alpha value is -2.96. The lowest BCUT2D eigenvalue weighted by molar-refractivity contribution is 0.0935. The summed E-state index contributed by atoms with van der Waals surface area (Å²) in [5, 5.41) is 7.20. The van der Waals surface area contributed by atoms with E-state index in [9.17, 15) is 4.79 Å². The summed E-state index contributed by atoms with van der Waals surface area (Å²) in [4.78, 5) is 23.2. The van der Waals surface area contributed by atoms with Crippen LogP contribution in [0.15, 0.2) is 42.7 Å². The Bertz CT molecular complexity index is 907. The number of carbonyl (C=O) groups is 1. The van der Waals surface area contributed by atoms with Crippen molar-refractivity contribution in [1.82, 2.24) is 24.9 Å². The van der Waals surface area contributed by atoms with E-state index in [1.54, 1.807) is 10.7 Å². The van der Waals surface area contributed by atoms with Crippen LogP contribution in [0.4, 0.5) is 5.69 Å². The van der Waals surface area contributed by atoms with Crippen molar-refractivity contribution >= 4 is 17.4 Å². The Morgan fingerprint density at radius 2 is 2.15 bits per heavy atom. The molecule has 1 unspecified atom stereocenters. The lowest BCUT2D eigenvalue weighted by atomic mass is 9.97. The van der Waals surface area contributed by atoms with Crippen LogP contribution in [0, 0.1) is 12.8 Å². The second-order valence-electron chi connectivity index (χ2n) is 6.81. The van der Waals surface area contributed by atoms with Crippen molar-refractivity contribution in [1.29, 1.82) is 0 Å². The molecule has 26 heavy (non-hydrogen) atoms. The highest BCUT2D eigenvalue weighted by Gasteiger charge is 2.22. The molecular formula is C19H22N6O. The fraction of sp³-hybridized carbons (Fsp3) is 0.368. The minimum atomic E-state index is -0.245. The summed E-state index contributed by atoms with van der Waals surface area (Å²) in [6.45, 7) is 4.57. The minimum absolute atomic E-state index is 0.166. The van der Waals surface area contributed by atoms with Crippen molar-refractivity contribution < 1.29 is 4.79 Å². The second kappa shape index (κ2) is 7.11. The van der Waals surface area contributed by atoms with E-state index < -0.39 is 0 Å². The largest absolute Gasteiger partial charge is 0.371 e. The van der Waals surface area contributed by atoms with Crippen molar-refractivity contribution in [2.75, 3.05) is 24.5 Å². The van der Waals surface area contributed by atoms with Gasteiger partial charge in [-0.3, -0.25) is 4.79 Å². The molecule has 134 valence electrons. The monoisotopic (exact) mass is 350 g/mol. The maximum absolute atomic E-state index is 12.4. The van der Waals surface area contributed by atoms with Crippen LogP contribution in [0.1, 0.15) is 29.0 Å². The Kier molecular flexibility index (Phi) is 4.51. The molecule has 1 aliphatic heterocycles. The third kappa shape index (κ3) is 3.51. The van der Waals surface area contributed by atoms with Crippen LogP contribution < -0.4 is 10.2 Å². The highest BCUT2D eigenvalue weighted by molar-refractivity contribution is 5.90. The fourth-order valence-electron chi connectivity index (χ4n) is 3.39. The van der Waals surface area contributed by atoms with E-state index >= 15 is 0 Å². The van der Waals surface area contributed by atoms with E-state index in [1.165, 1.54) is 5.69 Å². The number of fused-ring (bicyclic) bond motifs is 1. The Labute approximate surface area is 152 Å². The molecule has 1 aliphatic rings. The number of amides is 1. The molecule has 7 heteroatoms. The van der Waals surface area contributed by atoms with Crippen LogP contribution in [0.3, 0.4) is 0 Å². The van der Waals surface area contributed by atoms with Gasteiger partial charge in [-0.1, -0.05) is 18.2 Å². The average molecular weight is 350 g/mol. The molecule has 1 atom stereocenters. The zero-order valence-corrected chi connectivity index (χ0v) is 14.8. The summed E-state index contributed by atoms with van der Waals surface area (Å²) in [5.74, 6) is 0.780. The van der Waals surface area contributed by atoms with Crippen LogP contribution >= 0.6 is 0 Å². The number of anilines is 1. The van der Waals surface area contributed by atoms with Crippen LogP contribution in [-0.2, 0) is 0 Å². The quantitative estimate of drug-likeness (QED) is 0.780. The SMILES string of the molecule is Cc1cnc2nc(C(=O)NCC3CCCN(c4ccccc4)C3)nn2c1. The molecular weight excluding hydrogens is 328 g/mol. The first-order valence-electron chi connectivity index (χ1n) is 8.96. The summed E-state index contributed by atoms with van der Waals surface area (Å²) in [7, 11) is 0. The van der Waals surface area contributed by atoms with Gasteiger partial charge >= 0.3 is 0 Å². The molecule has 3 aromatic rings. The smallest absolute Gasteiger partial charge is 0.291 e. The van der Waals surface area contributed by atoms with Crippen molar-refractivity contribution in [2.45, 2.75) is 19.8 Å². The molecule has 0 aliphatic carbocycles. The standard InChI is InChI=1S/C19H22N6O/c1-14-10-21-19-22-17(23-25(19)12-14)18(26)20-11-15-6-5-9-24(13-15)16-7-3-2-4-8-16/h2-4,7-8,10,12,15H,5-6,9,11,13H2,1H3,(H,20,26). The number of hydrogen-bond donors (Lipinski definition) is 1. The molecule has 1 saturated heterocycles. The van der Waals surface area contributed by atoms with Gasteiger partial charge < -0.3 is 10.2 Å². The van der Waals surface area contributed by atoms with E-state index in [4.69, 9.17) is 0 Å². The summed E-state index contributed by atoms with van der Waals surface area (Å²) < 4.78 is 1.54. The molecule has 7 nitrogen and oxygen atoms in total. The number of nitrogens with one attached hydrogen (secondary N) is 1. The van der Waals surface area contributed by atoms with Gasteiger partial charge in [0.1, 0.15) is 0 Å². The first-order chi connectivity index (χ1) is 12.7. The maximum Gasteiger partial charge on any atom is 0.291 e. The van der Waals surface area contributed by atoms with Gasteiger partial charge in [-0.15, -0.1) is 5.10 Å². The van der Waals surface area contributed by atoms with Gasteiger partial charge in [-0.25, -0.2) is 9.50 Å².